The maximum atomic E-state index is 4.46. The Bertz CT molecular complexity index is 441. The normalized spacial score (nSPS) is 26.0. The topological polar surface area (TPSA) is 46.0 Å². The van der Waals surface area contributed by atoms with Gasteiger partial charge in [0, 0.05) is 25.6 Å². The van der Waals surface area contributed by atoms with Crippen molar-refractivity contribution < 1.29 is 0 Å². The van der Waals surface area contributed by atoms with Crippen LogP contribution in [0.15, 0.2) is 0 Å². The van der Waals surface area contributed by atoms with Crippen molar-refractivity contribution >= 4 is 0 Å². The number of piperidine rings is 1. The SMILES string of the molecule is CC(NC1CCCN(C)C1)c1nnc2n1CCCCC2. The minimum atomic E-state index is 0.297. The first-order valence-corrected chi connectivity index (χ1v) is 8.10. The number of aryl methyl sites for hydroxylation is 1. The fourth-order valence-corrected chi connectivity index (χ4v) is 3.56. The van der Waals surface area contributed by atoms with Crippen molar-refractivity contribution in [1.82, 2.24) is 25.0 Å². The molecule has 0 aromatic carbocycles. The van der Waals surface area contributed by atoms with Gasteiger partial charge in [0.15, 0.2) is 0 Å². The van der Waals surface area contributed by atoms with E-state index in [1.54, 1.807) is 0 Å². The highest BCUT2D eigenvalue weighted by molar-refractivity contribution is 5.02. The van der Waals surface area contributed by atoms with Crippen molar-refractivity contribution in [2.75, 3.05) is 20.1 Å². The van der Waals surface area contributed by atoms with Gasteiger partial charge in [-0.05, 0) is 46.2 Å². The number of likely N-dealkylation sites (tertiary alicyclic amines) is 1. The first-order valence-electron chi connectivity index (χ1n) is 8.10. The summed E-state index contributed by atoms with van der Waals surface area (Å²) in [5.74, 6) is 2.32. The number of rotatable bonds is 3. The van der Waals surface area contributed by atoms with E-state index in [2.05, 4.69) is 39.0 Å². The highest BCUT2D eigenvalue weighted by atomic mass is 15.3. The molecule has 1 N–H and O–H groups in total. The van der Waals surface area contributed by atoms with E-state index >= 15 is 0 Å². The summed E-state index contributed by atoms with van der Waals surface area (Å²) >= 11 is 0. The van der Waals surface area contributed by atoms with Crippen molar-refractivity contribution in [2.45, 2.75) is 64.1 Å². The van der Waals surface area contributed by atoms with E-state index in [-0.39, 0.29) is 0 Å². The quantitative estimate of drug-likeness (QED) is 0.914. The fourth-order valence-electron chi connectivity index (χ4n) is 3.56. The zero-order valence-electron chi connectivity index (χ0n) is 12.8. The first-order chi connectivity index (χ1) is 9.74. The molecule has 1 saturated heterocycles. The number of hydrogen-bond acceptors (Lipinski definition) is 4. The van der Waals surface area contributed by atoms with Crippen LogP contribution in [0.5, 0.6) is 0 Å². The van der Waals surface area contributed by atoms with Crippen molar-refractivity contribution in [3.05, 3.63) is 11.6 Å². The second-order valence-corrected chi connectivity index (χ2v) is 6.43. The summed E-state index contributed by atoms with van der Waals surface area (Å²) in [5.41, 5.74) is 0. The minimum Gasteiger partial charge on any atom is -0.314 e. The molecule has 3 heterocycles. The molecule has 112 valence electrons. The molecule has 20 heavy (non-hydrogen) atoms. The molecule has 2 aliphatic rings. The molecule has 1 aromatic rings. The van der Waals surface area contributed by atoms with E-state index in [0.29, 0.717) is 12.1 Å². The Labute approximate surface area is 121 Å². The van der Waals surface area contributed by atoms with Gasteiger partial charge in [0.25, 0.3) is 0 Å². The van der Waals surface area contributed by atoms with Gasteiger partial charge in [-0.15, -0.1) is 10.2 Å². The Kier molecular flexibility index (Phi) is 4.36. The van der Waals surface area contributed by atoms with E-state index < -0.39 is 0 Å². The second-order valence-electron chi connectivity index (χ2n) is 6.43. The van der Waals surface area contributed by atoms with Gasteiger partial charge in [-0.1, -0.05) is 6.42 Å². The fraction of sp³-hybridized carbons (Fsp3) is 0.867. The second kappa shape index (κ2) is 6.22. The van der Waals surface area contributed by atoms with Gasteiger partial charge in [0.1, 0.15) is 11.6 Å². The maximum Gasteiger partial charge on any atom is 0.149 e. The average molecular weight is 277 g/mol. The predicted octanol–water partition coefficient (Wildman–Crippen LogP) is 1.75. The molecule has 0 amide bonds. The van der Waals surface area contributed by atoms with Gasteiger partial charge < -0.3 is 14.8 Å². The smallest absolute Gasteiger partial charge is 0.149 e. The summed E-state index contributed by atoms with van der Waals surface area (Å²) in [4.78, 5) is 2.41. The number of likely N-dealkylation sites (N-methyl/N-ethyl adjacent to an activating group) is 1. The zero-order valence-corrected chi connectivity index (χ0v) is 12.8. The van der Waals surface area contributed by atoms with Crippen LogP contribution in [-0.4, -0.2) is 45.8 Å². The molecule has 0 radical (unpaired) electrons. The van der Waals surface area contributed by atoms with Gasteiger partial charge in [-0.2, -0.15) is 0 Å². The van der Waals surface area contributed by atoms with Crippen LogP contribution in [-0.2, 0) is 13.0 Å². The molecule has 3 rings (SSSR count). The molecular weight excluding hydrogens is 250 g/mol. The molecule has 0 aliphatic carbocycles. The van der Waals surface area contributed by atoms with Crippen molar-refractivity contribution in [3.63, 3.8) is 0 Å². The highest BCUT2D eigenvalue weighted by Crippen LogP contribution is 2.20. The number of nitrogens with one attached hydrogen (secondary N) is 1. The van der Waals surface area contributed by atoms with Crippen LogP contribution in [0.3, 0.4) is 0 Å². The Morgan fingerprint density at radius 2 is 2.05 bits per heavy atom. The Morgan fingerprint density at radius 1 is 1.15 bits per heavy atom. The highest BCUT2D eigenvalue weighted by Gasteiger charge is 2.23. The van der Waals surface area contributed by atoms with Gasteiger partial charge in [0.05, 0.1) is 6.04 Å². The van der Waals surface area contributed by atoms with Gasteiger partial charge in [0.2, 0.25) is 0 Å². The van der Waals surface area contributed by atoms with Crippen molar-refractivity contribution in [2.24, 2.45) is 0 Å². The maximum absolute atomic E-state index is 4.46. The third kappa shape index (κ3) is 3.04. The Balaban J connectivity index is 1.67. The van der Waals surface area contributed by atoms with E-state index in [4.69, 9.17) is 0 Å². The lowest BCUT2D eigenvalue weighted by Gasteiger charge is -2.32. The third-order valence-corrected chi connectivity index (χ3v) is 4.64. The standard InChI is InChI=1S/C15H27N5/c1-12(16-13-7-6-9-19(2)11-13)15-18-17-14-8-4-3-5-10-20(14)15/h12-13,16H,3-11H2,1-2H3. The Morgan fingerprint density at radius 3 is 2.90 bits per heavy atom. The lowest BCUT2D eigenvalue weighted by molar-refractivity contribution is 0.216. The van der Waals surface area contributed by atoms with Gasteiger partial charge in [-0.25, -0.2) is 0 Å². The molecule has 2 aliphatic heterocycles. The lowest BCUT2D eigenvalue weighted by Crippen LogP contribution is -2.45. The van der Waals surface area contributed by atoms with E-state index in [1.807, 2.05) is 0 Å². The molecule has 2 atom stereocenters. The largest absolute Gasteiger partial charge is 0.314 e. The van der Waals surface area contributed by atoms with Crippen molar-refractivity contribution in [3.8, 4) is 0 Å². The molecular formula is C15H27N5. The molecule has 0 spiro atoms. The molecule has 1 aromatic heterocycles. The zero-order chi connectivity index (χ0) is 13.9. The van der Waals surface area contributed by atoms with Gasteiger partial charge in [-0.3, -0.25) is 0 Å². The number of nitrogens with zero attached hydrogens (tertiary/aromatic N) is 4. The van der Waals surface area contributed by atoms with E-state index in [0.717, 1.165) is 25.3 Å². The first kappa shape index (κ1) is 14.0. The molecule has 1 fully saturated rings. The summed E-state index contributed by atoms with van der Waals surface area (Å²) in [6.07, 6.45) is 7.49. The summed E-state index contributed by atoms with van der Waals surface area (Å²) < 4.78 is 2.36. The average Bonchev–Trinajstić information content (AvgIpc) is 2.68. The summed E-state index contributed by atoms with van der Waals surface area (Å²) in [7, 11) is 2.21. The molecule has 2 unspecified atom stereocenters. The van der Waals surface area contributed by atoms with Crippen LogP contribution in [0.2, 0.25) is 0 Å². The number of aromatic nitrogens is 3. The third-order valence-electron chi connectivity index (χ3n) is 4.64. The van der Waals surface area contributed by atoms with E-state index in [1.165, 1.54) is 44.5 Å². The van der Waals surface area contributed by atoms with Gasteiger partial charge >= 0.3 is 0 Å². The number of fused-ring (bicyclic) bond motifs is 1. The summed E-state index contributed by atoms with van der Waals surface area (Å²) in [5, 5.41) is 12.6. The van der Waals surface area contributed by atoms with Crippen LogP contribution >= 0.6 is 0 Å². The molecule has 5 nitrogen and oxygen atoms in total. The molecule has 0 bridgehead atoms. The predicted molar refractivity (Wildman–Crippen MR) is 79.6 cm³/mol. The lowest BCUT2D eigenvalue weighted by atomic mass is 10.1. The van der Waals surface area contributed by atoms with Crippen LogP contribution in [0.1, 0.15) is 56.7 Å². The van der Waals surface area contributed by atoms with Crippen LogP contribution in [0.25, 0.3) is 0 Å². The van der Waals surface area contributed by atoms with E-state index in [9.17, 15) is 0 Å². The van der Waals surface area contributed by atoms with Crippen LogP contribution < -0.4 is 5.32 Å². The monoisotopic (exact) mass is 277 g/mol. The van der Waals surface area contributed by atoms with Crippen molar-refractivity contribution in [1.29, 1.82) is 0 Å². The molecule has 5 heteroatoms. The summed E-state index contributed by atoms with van der Waals surface area (Å²) in [6, 6.07) is 0.883. The summed E-state index contributed by atoms with van der Waals surface area (Å²) in [6.45, 7) is 5.70. The van der Waals surface area contributed by atoms with Crippen LogP contribution in [0.4, 0.5) is 0 Å². The minimum absolute atomic E-state index is 0.297. The van der Waals surface area contributed by atoms with Crippen LogP contribution in [0, 0.1) is 0 Å². The Hall–Kier alpha value is -0.940. The molecule has 0 saturated carbocycles. The number of hydrogen-bond donors (Lipinski definition) is 1.